The van der Waals surface area contributed by atoms with Crippen molar-refractivity contribution >= 4 is 11.6 Å². The van der Waals surface area contributed by atoms with Crippen LogP contribution in [0.25, 0.3) is 0 Å². The zero-order chi connectivity index (χ0) is 14.3. The van der Waals surface area contributed by atoms with Gasteiger partial charge in [0.2, 0.25) is 0 Å². The molecule has 0 radical (unpaired) electrons. The van der Waals surface area contributed by atoms with Gasteiger partial charge in [0.25, 0.3) is 0 Å². The van der Waals surface area contributed by atoms with Gasteiger partial charge in [-0.3, -0.25) is 0 Å². The van der Waals surface area contributed by atoms with Gasteiger partial charge < -0.3 is 19.9 Å². The molecule has 1 aromatic rings. The Hall–Kier alpha value is -0.970. The predicted octanol–water partition coefficient (Wildman–Crippen LogP) is 2.61. The van der Waals surface area contributed by atoms with Gasteiger partial charge >= 0.3 is 0 Å². The van der Waals surface area contributed by atoms with Crippen molar-refractivity contribution in [2.75, 3.05) is 19.8 Å². The van der Waals surface area contributed by atoms with E-state index in [1.165, 1.54) is 0 Å². The molecule has 4 nitrogen and oxygen atoms in total. The first kappa shape index (κ1) is 16.1. The molecule has 0 saturated heterocycles. The fourth-order valence-corrected chi connectivity index (χ4v) is 1.98. The molecule has 0 saturated carbocycles. The number of ether oxygens (including phenoxy) is 2. The quantitative estimate of drug-likeness (QED) is 0.772. The summed E-state index contributed by atoms with van der Waals surface area (Å²) >= 11 is 6.21. The molecule has 0 aliphatic heterocycles. The highest BCUT2D eigenvalue weighted by molar-refractivity contribution is 6.32. The van der Waals surface area contributed by atoms with Crippen molar-refractivity contribution < 1.29 is 14.6 Å². The Morgan fingerprint density at radius 1 is 1.26 bits per heavy atom. The summed E-state index contributed by atoms with van der Waals surface area (Å²) in [6.45, 7) is 7.82. The van der Waals surface area contributed by atoms with Crippen molar-refractivity contribution in [2.24, 2.45) is 0 Å². The van der Waals surface area contributed by atoms with E-state index in [4.69, 9.17) is 21.1 Å². The van der Waals surface area contributed by atoms with E-state index in [1.807, 2.05) is 26.0 Å². The van der Waals surface area contributed by atoms with E-state index in [2.05, 4.69) is 5.32 Å². The summed E-state index contributed by atoms with van der Waals surface area (Å²) < 4.78 is 11.1. The van der Waals surface area contributed by atoms with Gasteiger partial charge in [0.15, 0.2) is 11.5 Å². The van der Waals surface area contributed by atoms with E-state index in [1.54, 1.807) is 6.92 Å². The molecule has 0 aliphatic carbocycles. The lowest BCUT2D eigenvalue weighted by Crippen LogP contribution is -2.23. The average Bonchev–Trinajstić information content (AvgIpc) is 2.33. The normalized spacial score (nSPS) is 12.3. The third-order valence-corrected chi connectivity index (χ3v) is 2.71. The Kier molecular flexibility index (Phi) is 6.99. The minimum atomic E-state index is -0.371. The van der Waals surface area contributed by atoms with E-state index in [0.717, 1.165) is 5.56 Å². The minimum Gasteiger partial charge on any atom is -0.490 e. The standard InChI is InChI=1S/C14H22ClNO3/c1-4-18-13-7-11(9-16-8-10(3)17)6-12(15)14(13)19-5-2/h6-7,10,16-17H,4-5,8-9H2,1-3H3/t10-/m1/s1. The summed E-state index contributed by atoms with van der Waals surface area (Å²) in [5.74, 6) is 1.25. The second-order valence-corrected chi connectivity index (χ2v) is 4.66. The van der Waals surface area contributed by atoms with E-state index >= 15 is 0 Å². The molecular formula is C14H22ClNO3. The molecule has 0 fully saturated rings. The maximum atomic E-state index is 9.20. The van der Waals surface area contributed by atoms with E-state index in [9.17, 15) is 5.11 Å². The van der Waals surface area contributed by atoms with Gasteiger partial charge in [-0.05, 0) is 38.5 Å². The lowest BCUT2D eigenvalue weighted by atomic mass is 10.2. The molecule has 0 heterocycles. The van der Waals surface area contributed by atoms with Gasteiger partial charge in [0, 0.05) is 13.1 Å². The van der Waals surface area contributed by atoms with E-state index in [-0.39, 0.29) is 6.10 Å². The molecule has 2 N–H and O–H groups in total. The van der Waals surface area contributed by atoms with Crippen molar-refractivity contribution in [1.29, 1.82) is 0 Å². The van der Waals surface area contributed by atoms with Crippen LogP contribution in [0.1, 0.15) is 26.3 Å². The topological polar surface area (TPSA) is 50.7 Å². The summed E-state index contributed by atoms with van der Waals surface area (Å²) in [5.41, 5.74) is 0.998. The van der Waals surface area contributed by atoms with Crippen LogP contribution in [-0.4, -0.2) is 31.0 Å². The molecule has 19 heavy (non-hydrogen) atoms. The number of benzene rings is 1. The number of aliphatic hydroxyl groups excluding tert-OH is 1. The van der Waals surface area contributed by atoms with E-state index in [0.29, 0.717) is 42.8 Å². The maximum Gasteiger partial charge on any atom is 0.179 e. The lowest BCUT2D eigenvalue weighted by Gasteiger charge is -2.15. The number of hydrogen-bond donors (Lipinski definition) is 2. The minimum absolute atomic E-state index is 0.371. The van der Waals surface area contributed by atoms with Gasteiger partial charge in [0.05, 0.1) is 24.3 Å². The van der Waals surface area contributed by atoms with E-state index < -0.39 is 0 Å². The molecule has 0 amide bonds. The van der Waals surface area contributed by atoms with Crippen molar-refractivity contribution in [3.63, 3.8) is 0 Å². The predicted molar refractivity (Wildman–Crippen MR) is 77.2 cm³/mol. The second-order valence-electron chi connectivity index (χ2n) is 4.25. The summed E-state index contributed by atoms with van der Waals surface area (Å²) in [6.07, 6.45) is -0.371. The molecule has 5 heteroatoms. The number of aliphatic hydroxyl groups is 1. The van der Waals surface area contributed by atoms with Crippen LogP contribution in [0.2, 0.25) is 5.02 Å². The molecule has 0 aliphatic rings. The van der Waals surface area contributed by atoms with Crippen LogP contribution in [-0.2, 0) is 6.54 Å². The van der Waals surface area contributed by atoms with Crippen molar-refractivity contribution in [3.8, 4) is 11.5 Å². The first-order valence-electron chi connectivity index (χ1n) is 6.55. The van der Waals surface area contributed by atoms with Crippen molar-refractivity contribution in [1.82, 2.24) is 5.32 Å². The van der Waals surface area contributed by atoms with Crippen LogP contribution in [0, 0.1) is 0 Å². The lowest BCUT2D eigenvalue weighted by molar-refractivity contribution is 0.191. The smallest absolute Gasteiger partial charge is 0.179 e. The third kappa shape index (κ3) is 5.27. The Morgan fingerprint density at radius 3 is 2.53 bits per heavy atom. The summed E-state index contributed by atoms with van der Waals surface area (Å²) in [7, 11) is 0. The SMILES string of the molecule is CCOc1cc(CNC[C@@H](C)O)cc(Cl)c1OCC. The maximum absolute atomic E-state index is 9.20. The van der Waals surface area contributed by atoms with Crippen molar-refractivity contribution in [3.05, 3.63) is 22.7 Å². The van der Waals surface area contributed by atoms with Gasteiger partial charge in [-0.15, -0.1) is 0 Å². The molecule has 1 aromatic carbocycles. The van der Waals surface area contributed by atoms with Gasteiger partial charge in [0.1, 0.15) is 0 Å². The van der Waals surface area contributed by atoms with Gasteiger partial charge in [-0.2, -0.15) is 0 Å². The fourth-order valence-electron chi connectivity index (χ4n) is 1.70. The second kappa shape index (κ2) is 8.25. The average molecular weight is 288 g/mol. The van der Waals surface area contributed by atoms with Crippen LogP contribution >= 0.6 is 11.6 Å². The molecular weight excluding hydrogens is 266 g/mol. The van der Waals surface area contributed by atoms with Crippen LogP contribution in [0.15, 0.2) is 12.1 Å². The highest BCUT2D eigenvalue weighted by Gasteiger charge is 2.12. The van der Waals surface area contributed by atoms with Crippen LogP contribution < -0.4 is 14.8 Å². The monoisotopic (exact) mass is 287 g/mol. The first-order chi connectivity index (χ1) is 9.08. The third-order valence-electron chi connectivity index (χ3n) is 2.43. The number of hydrogen-bond acceptors (Lipinski definition) is 4. The van der Waals surface area contributed by atoms with Crippen molar-refractivity contribution in [2.45, 2.75) is 33.4 Å². The van der Waals surface area contributed by atoms with Gasteiger partial charge in [-0.25, -0.2) is 0 Å². The Balaban J connectivity index is 2.83. The molecule has 1 atom stereocenters. The van der Waals surface area contributed by atoms with Crippen LogP contribution in [0.4, 0.5) is 0 Å². The number of halogens is 1. The molecule has 1 rings (SSSR count). The molecule has 108 valence electrons. The number of rotatable bonds is 8. The van der Waals surface area contributed by atoms with Gasteiger partial charge in [-0.1, -0.05) is 11.6 Å². The summed E-state index contributed by atoms with van der Waals surface area (Å²) in [4.78, 5) is 0. The number of nitrogens with one attached hydrogen (secondary N) is 1. The highest BCUT2D eigenvalue weighted by Crippen LogP contribution is 2.36. The molecule has 0 bridgehead atoms. The van der Waals surface area contributed by atoms with Crippen LogP contribution in [0.5, 0.6) is 11.5 Å². The zero-order valence-corrected chi connectivity index (χ0v) is 12.5. The fraction of sp³-hybridized carbons (Fsp3) is 0.571. The van der Waals surface area contributed by atoms with Crippen LogP contribution in [0.3, 0.4) is 0 Å². The Morgan fingerprint density at radius 2 is 1.95 bits per heavy atom. The largest absolute Gasteiger partial charge is 0.490 e. The zero-order valence-electron chi connectivity index (χ0n) is 11.7. The molecule has 0 spiro atoms. The highest BCUT2D eigenvalue weighted by atomic mass is 35.5. The summed E-state index contributed by atoms with van der Waals surface area (Å²) in [6, 6.07) is 3.76. The molecule has 0 aromatic heterocycles. The Labute approximate surface area is 119 Å². The Bertz CT molecular complexity index is 397. The summed E-state index contributed by atoms with van der Waals surface area (Å²) in [5, 5.41) is 12.9. The molecule has 0 unspecified atom stereocenters. The first-order valence-corrected chi connectivity index (χ1v) is 6.93.